The van der Waals surface area contributed by atoms with Crippen molar-refractivity contribution >= 4 is 21.4 Å². The Bertz CT molecular complexity index is 1370. The molecule has 12 nitrogen and oxygen atoms in total. The van der Waals surface area contributed by atoms with Gasteiger partial charge in [-0.3, -0.25) is 0 Å². The second-order valence-electron chi connectivity index (χ2n) is 9.24. The number of hydrogen-bond acceptors (Lipinski definition) is 11. The van der Waals surface area contributed by atoms with Gasteiger partial charge in [-0.1, -0.05) is 11.6 Å². The summed E-state index contributed by atoms with van der Waals surface area (Å²) in [5.74, 6) is 1.31. The number of aromatic nitrogens is 6. The van der Waals surface area contributed by atoms with Crippen LogP contribution in [-0.2, 0) is 25.1 Å². The van der Waals surface area contributed by atoms with E-state index in [0.29, 0.717) is 41.3 Å². The Morgan fingerprint density at radius 1 is 1.13 bits per heavy atom. The highest BCUT2D eigenvalue weighted by Crippen LogP contribution is 2.40. The van der Waals surface area contributed by atoms with Crippen LogP contribution in [0.1, 0.15) is 58.4 Å². The molecular weight excluding hydrogens is 548 g/mol. The first-order valence-corrected chi connectivity index (χ1v) is 14.9. The van der Waals surface area contributed by atoms with Crippen LogP contribution < -0.4 is 9.47 Å². The Balaban J connectivity index is 1.73. The average molecular weight is 581 g/mol. The van der Waals surface area contributed by atoms with Crippen molar-refractivity contribution in [2.45, 2.75) is 63.9 Å². The highest BCUT2D eigenvalue weighted by molar-refractivity contribution is 7.91. The van der Waals surface area contributed by atoms with Gasteiger partial charge in [0, 0.05) is 25.2 Å². The summed E-state index contributed by atoms with van der Waals surface area (Å²) in [6, 6.07) is 1.35. The van der Waals surface area contributed by atoms with Gasteiger partial charge in [-0.15, -0.1) is 10.2 Å². The Hall–Kier alpha value is -2.87. The molecule has 0 bridgehead atoms. The predicted molar refractivity (Wildman–Crippen MR) is 144 cm³/mol. The standard InChI is InChI=1S/C25H33ClN6O6S/c1-6-35-12-18-13-37-22-19(8-9-27-25(22)36-7-2)24-31-30-20(32(18)24)14-39(33,34)16(5)21(38-15(3)4)23-28-10-17(26)11-29-23/h8-11,15-16,18,21H,6-7,12-14H2,1-5H3/t16-,18+,21+/m0/s1. The highest BCUT2D eigenvalue weighted by Gasteiger charge is 2.37. The van der Waals surface area contributed by atoms with Gasteiger partial charge in [-0.2, -0.15) is 0 Å². The summed E-state index contributed by atoms with van der Waals surface area (Å²) in [4.78, 5) is 12.7. The molecule has 0 saturated heterocycles. The van der Waals surface area contributed by atoms with E-state index in [9.17, 15) is 8.42 Å². The number of pyridine rings is 1. The lowest BCUT2D eigenvalue weighted by molar-refractivity contribution is 0.00142. The molecule has 0 N–H and O–H groups in total. The summed E-state index contributed by atoms with van der Waals surface area (Å²) in [6.07, 6.45) is 3.24. The average Bonchev–Trinajstić information content (AvgIpc) is 3.22. The molecule has 3 aromatic rings. The maximum atomic E-state index is 13.8. The molecule has 4 rings (SSSR count). The molecule has 0 aromatic carbocycles. The highest BCUT2D eigenvalue weighted by atomic mass is 35.5. The summed E-state index contributed by atoms with van der Waals surface area (Å²) in [5.41, 5.74) is 0.604. The second kappa shape index (κ2) is 12.5. The van der Waals surface area contributed by atoms with E-state index >= 15 is 0 Å². The van der Waals surface area contributed by atoms with Crippen molar-refractivity contribution in [3.05, 3.63) is 41.3 Å². The van der Waals surface area contributed by atoms with E-state index in [2.05, 4.69) is 25.1 Å². The van der Waals surface area contributed by atoms with Crippen molar-refractivity contribution in [1.29, 1.82) is 0 Å². The van der Waals surface area contributed by atoms with Gasteiger partial charge in [-0.25, -0.2) is 23.4 Å². The Labute approximate surface area is 233 Å². The van der Waals surface area contributed by atoms with Crippen molar-refractivity contribution in [1.82, 2.24) is 29.7 Å². The molecule has 3 atom stereocenters. The molecule has 0 spiro atoms. The fraction of sp³-hybridized carbons (Fsp3) is 0.560. The minimum Gasteiger partial charge on any atom is -0.485 e. The van der Waals surface area contributed by atoms with E-state index in [1.165, 1.54) is 12.4 Å². The first-order valence-electron chi connectivity index (χ1n) is 12.8. The second-order valence-corrected chi connectivity index (χ2v) is 12.0. The van der Waals surface area contributed by atoms with Gasteiger partial charge in [0.1, 0.15) is 24.3 Å². The third kappa shape index (κ3) is 6.48. The van der Waals surface area contributed by atoms with Crippen molar-refractivity contribution in [3.8, 4) is 23.0 Å². The topological polar surface area (TPSA) is 140 Å². The van der Waals surface area contributed by atoms with Gasteiger partial charge < -0.3 is 23.5 Å². The van der Waals surface area contributed by atoms with E-state index in [1.807, 2.05) is 27.7 Å². The molecule has 39 heavy (non-hydrogen) atoms. The van der Waals surface area contributed by atoms with Gasteiger partial charge >= 0.3 is 0 Å². The number of nitrogens with zero attached hydrogens (tertiary/aromatic N) is 6. The Morgan fingerprint density at radius 2 is 1.87 bits per heavy atom. The summed E-state index contributed by atoms with van der Waals surface area (Å²) in [7, 11) is -3.85. The van der Waals surface area contributed by atoms with Crippen molar-refractivity contribution in [2.75, 3.05) is 26.4 Å². The zero-order chi connectivity index (χ0) is 28.2. The van der Waals surface area contributed by atoms with Crippen molar-refractivity contribution < 1.29 is 27.4 Å². The quantitative estimate of drug-likeness (QED) is 0.310. The van der Waals surface area contributed by atoms with Gasteiger partial charge in [0.15, 0.2) is 27.2 Å². The maximum Gasteiger partial charge on any atom is 0.257 e. The molecule has 4 heterocycles. The zero-order valence-corrected chi connectivity index (χ0v) is 24.1. The number of ether oxygens (including phenoxy) is 4. The number of fused-ring (bicyclic) bond motifs is 3. The number of halogens is 1. The van der Waals surface area contributed by atoms with E-state index in [4.69, 9.17) is 30.5 Å². The zero-order valence-electron chi connectivity index (χ0n) is 22.6. The molecule has 0 aliphatic carbocycles. The molecule has 1 aliphatic rings. The van der Waals surface area contributed by atoms with Crippen LogP contribution in [0.15, 0.2) is 24.7 Å². The largest absolute Gasteiger partial charge is 0.485 e. The van der Waals surface area contributed by atoms with Crippen LogP contribution in [0.5, 0.6) is 11.6 Å². The third-order valence-corrected chi connectivity index (χ3v) is 8.33. The minimum atomic E-state index is -3.85. The number of rotatable bonds is 12. The maximum absolute atomic E-state index is 13.8. The molecule has 212 valence electrons. The lowest BCUT2D eigenvalue weighted by atomic mass is 10.2. The van der Waals surface area contributed by atoms with Gasteiger partial charge in [0.25, 0.3) is 5.88 Å². The van der Waals surface area contributed by atoms with E-state index in [1.54, 1.807) is 23.8 Å². The Kier molecular flexibility index (Phi) is 9.36. The molecule has 0 radical (unpaired) electrons. The summed E-state index contributed by atoms with van der Waals surface area (Å²) < 4.78 is 52.9. The molecule has 0 fully saturated rings. The fourth-order valence-electron chi connectivity index (χ4n) is 4.25. The van der Waals surface area contributed by atoms with Crippen molar-refractivity contribution in [2.24, 2.45) is 0 Å². The lowest BCUT2D eigenvalue weighted by Crippen LogP contribution is -2.32. The lowest BCUT2D eigenvalue weighted by Gasteiger charge is -2.25. The van der Waals surface area contributed by atoms with E-state index < -0.39 is 26.9 Å². The molecule has 0 unspecified atom stereocenters. The predicted octanol–water partition coefficient (Wildman–Crippen LogP) is 3.62. The van der Waals surface area contributed by atoms with Crippen LogP contribution in [0.2, 0.25) is 5.02 Å². The molecule has 3 aromatic heterocycles. The monoisotopic (exact) mass is 580 g/mol. The summed E-state index contributed by atoms with van der Waals surface area (Å²) in [5, 5.41) is 8.04. The molecule has 0 amide bonds. The summed E-state index contributed by atoms with van der Waals surface area (Å²) >= 11 is 5.95. The number of sulfone groups is 1. The first-order chi connectivity index (χ1) is 18.7. The van der Waals surface area contributed by atoms with Crippen LogP contribution >= 0.6 is 11.6 Å². The van der Waals surface area contributed by atoms with E-state index in [0.717, 1.165) is 0 Å². The van der Waals surface area contributed by atoms with Gasteiger partial charge in [0.2, 0.25) is 0 Å². The fourth-order valence-corrected chi connectivity index (χ4v) is 5.73. The normalized spacial score (nSPS) is 16.6. The summed E-state index contributed by atoms with van der Waals surface area (Å²) in [6.45, 7) is 10.3. The van der Waals surface area contributed by atoms with Gasteiger partial charge in [0.05, 0.1) is 41.2 Å². The SMILES string of the molecule is CCOC[C@@H]1COc2c(ccnc2OCC)-c2nnc(CS(=O)(=O)[C@@H](C)[C@@H](OC(C)C)c3ncc(Cl)cn3)n21. The third-order valence-electron chi connectivity index (χ3n) is 6.10. The van der Waals surface area contributed by atoms with Crippen LogP contribution in [0.25, 0.3) is 11.4 Å². The Morgan fingerprint density at radius 3 is 2.54 bits per heavy atom. The van der Waals surface area contributed by atoms with Crippen molar-refractivity contribution in [3.63, 3.8) is 0 Å². The molecule has 14 heteroatoms. The molecular formula is C25H33ClN6O6S. The van der Waals surface area contributed by atoms with Crippen LogP contribution in [0, 0.1) is 0 Å². The van der Waals surface area contributed by atoms with Crippen LogP contribution in [0.3, 0.4) is 0 Å². The van der Waals surface area contributed by atoms with E-state index in [-0.39, 0.29) is 37.0 Å². The molecule has 1 aliphatic heterocycles. The molecule has 0 saturated carbocycles. The minimum absolute atomic E-state index is 0.185. The van der Waals surface area contributed by atoms with Crippen LogP contribution in [0.4, 0.5) is 0 Å². The van der Waals surface area contributed by atoms with Gasteiger partial charge in [-0.05, 0) is 40.7 Å². The smallest absolute Gasteiger partial charge is 0.257 e. The first kappa shape index (κ1) is 29.1. The van der Waals surface area contributed by atoms with Crippen LogP contribution in [-0.4, -0.2) is 75.9 Å². The number of hydrogen-bond donors (Lipinski definition) is 0.